The number of sulfone groups is 1. The third-order valence-corrected chi connectivity index (χ3v) is 6.17. The molecule has 0 aliphatic carbocycles. The van der Waals surface area contributed by atoms with Crippen LogP contribution in [0.15, 0.2) is 57.2 Å². The van der Waals surface area contributed by atoms with Crippen molar-refractivity contribution in [3.63, 3.8) is 0 Å². The van der Waals surface area contributed by atoms with Gasteiger partial charge in [-0.05, 0) is 24.3 Å². The molecule has 3 rings (SSSR count). The van der Waals surface area contributed by atoms with Gasteiger partial charge in [0, 0.05) is 21.9 Å². The summed E-state index contributed by atoms with van der Waals surface area (Å²) in [5, 5.41) is 19.1. The number of thiophene rings is 1. The smallest absolute Gasteiger partial charge is 0.215 e. The van der Waals surface area contributed by atoms with Crippen LogP contribution in [0.3, 0.4) is 0 Å². The van der Waals surface area contributed by atoms with Crippen LogP contribution >= 0.6 is 22.9 Å². The first-order chi connectivity index (χ1) is 11.9. The number of halogens is 1. The molecule has 0 atom stereocenters. The number of nitrogens with one attached hydrogen (secondary N) is 1. The predicted octanol–water partition coefficient (Wildman–Crippen LogP) is 3.13. The van der Waals surface area contributed by atoms with Crippen molar-refractivity contribution in [1.29, 1.82) is 0 Å². The van der Waals surface area contributed by atoms with Gasteiger partial charge in [-0.2, -0.15) is 16.4 Å². The summed E-state index contributed by atoms with van der Waals surface area (Å²) < 4.78 is 25.5. The van der Waals surface area contributed by atoms with Crippen LogP contribution in [0.4, 0.5) is 0 Å². The Hall–Kier alpha value is -2.49. The molecule has 0 saturated heterocycles. The maximum atomic E-state index is 12.7. The first kappa shape index (κ1) is 17.3. The zero-order valence-corrected chi connectivity index (χ0v) is 14.8. The second-order valence-electron chi connectivity index (χ2n) is 4.82. The lowest BCUT2D eigenvalue weighted by Gasteiger charge is -2.05. The number of hydrogen-bond donors (Lipinski definition) is 2. The number of ketones is 1. The molecule has 0 radical (unpaired) electrons. The number of aromatic nitrogens is 3. The van der Waals surface area contributed by atoms with Crippen LogP contribution in [0, 0.1) is 0 Å². The summed E-state index contributed by atoms with van der Waals surface area (Å²) in [6, 6.07) is 5.64. The summed E-state index contributed by atoms with van der Waals surface area (Å²) in [5.74, 6) is -1.20. The lowest BCUT2D eigenvalue weighted by molar-refractivity contribution is 0.104. The number of rotatable bonds is 5. The Labute approximate surface area is 151 Å². The molecule has 7 nitrogen and oxygen atoms in total. The molecule has 0 fully saturated rings. The maximum Gasteiger partial charge on any atom is 0.215 e. The number of nitrogens with zero attached hydrogens (tertiary/aromatic N) is 2. The van der Waals surface area contributed by atoms with Gasteiger partial charge in [0.1, 0.15) is 6.33 Å². The highest BCUT2D eigenvalue weighted by Gasteiger charge is 2.25. The van der Waals surface area contributed by atoms with E-state index in [0.717, 1.165) is 17.4 Å². The van der Waals surface area contributed by atoms with Gasteiger partial charge >= 0.3 is 0 Å². The molecule has 128 valence electrons. The Morgan fingerprint density at radius 3 is 2.60 bits per heavy atom. The van der Waals surface area contributed by atoms with Crippen LogP contribution in [0.2, 0.25) is 5.02 Å². The van der Waals surface area contributed by atoms with E-state index in [9.17, 15) is 18.3 Å². The Morgan fingerprint density at radius 1 is 1.24 bits per heavy atom. The SMILES string of the molecule is O=C(C=C(O)c1nc[nH]n1)c1cscc1S(=O)(=O)c1ccc(Cl)cc1. The number of aliphatic hydroxyl groups excluding tert-OH is 1. The normalized spacial score (nSPS) is 12.3. The molecule has 10 heteroatoms. The van der Waals surface area contributed by atoms with E-state index < -0.39 is 21.4 Å². The van der Waals surface area contributed by atoms with Gasteiger partial charge in [0.2, 0.25) is 15.7 Å². The molecule has 3 aromatic rings. The van der Waals surface area contributed by atoms with Crippen molar-refractivity contribution in [3.05, 3.63) is 63.8 Å². The van der Waals surface area contributed by atoms with E-state index in [1.165, 1.54) is 41.4 Å². The Bertz CT molecular complexity index is 1040. The molecule has 0 aliphatic rings. The number of hydrogen-bond acceptors (Lipinski definition) is 7. The lowest BCUT2D eigenvalue weighted by atomic mass is 10.2. The quantitative estimate of drug-likeness (QED) is 0.390. The van der Waals surface area contributed by atoms with Gasteiger partial charge in [0.15, 0.2) is 11.5 Å². The average molecular weight is 396 g/mol. The first-order valence-electron chi connectivity index (χ1n) is 6.77. The third kappa shape index (κ3) is 3.48. The molecule has 2 heterocycles. The fraction of sp³-hybridized carbons (Fsp3) is 0. The molecular formula is C15H10ClN3O4S2. The number of allylic oxidation sites excluding steroid dienone is 1. The lowest BCUT2D eigenvalue weighted by Crippen LogP contribution is -2.07. The van der Waals surface area contributed by atoms with E-state index in [1.54, 1.807) is 0 Å². The molecule has 1 aromatic carbocycles. The minimum atomic E-state index is -3.90. The van der Waals surface area contributed by atoms with Crippen molar-refractivity contribution in [2.24, 2.45) is 0 Å². The van der Waals surface area contributed by atoms with Crippen LogP contribution < -0.4 is 0 Å². The van der Waals surface area contributed by atoms with E-state index in [2.05, 4.69) is 15.2 Å². The summed E-state index contributed by atoms with van der Waals surface area (Å²) >= 11 is 6.85. The van der Waals surface area contributed by atoms with E-state index in [0.29, 0.717) is 5.02 Å². The molecule has 0 unspecified atom stereocenters. The predicted molar refractivity (Wildman–Crippen MR) is 92.5 cm³/mol. The number of aromatic amines is 1. The van der Waals surface area contributed by atoms with E-state index in [-0.39, 0.29) is 21.2 Å². The average Bonchev–Trinajstić information content (AvgIpc) is 3.27. The highest BCUT2D eigenvalue weighted by molar-refractivity contribution is 7.91. The highest BCUT2D eigenvalue weighted by Crippen LogP contribution is 2.29. The maximum absolute atomic E-state index is 12.7. The Morgan fingerprint density at radius 2 is 1.96 bits per heavy atom. The van der Waals surface area contributed by atoms with Gasteiger partial charge in [0.05, 0.1) is 15.4 Å². The van der Waals surface area contributed by atoms with Crippen LogP contribution in [-0.2, 0) is 9.84 Å². The van der Waals surface area contributed by atoms with Gasteiger partial charge < -0.3 is 5.11 Å². The van der Waals surface area contributed by atoms with Crippen LogP contribution in [0.1, 0.15) is 16.2 Å². The standard InChI is InChI=1S/C15H10ClN3O4S2/c16-9-1-3-10(4-2-9)25(22,23)14-7-24-6-11(14)12(20)5-13(21)15-17-8-18-19-15/h1-8,21H,(H,17,18,19). The topological polar surface area (TPSA) is 113 Å². The van der Waals surface area contributed by atoms with Crippen molar-refractivity contribution in [2.45, 2.75) is 9.79 Å². The highest BCUT2D eigenvalue weighted by atomic mass is 35.5. The number of aliphatic hydroxyl groups is 1. The fourth-order valence-electron chi connectivity index (χ4n) is 2.01. The van der Waals surface area contributed by atoms with E-state index >= 15 is 0 Å². The second kappa shape index (κ2) is 6.79. The largest absolute Gasteiger partial charge is 0.504 e. The number of carbonyl (C=O) groups excluding carboxylic acids is 1. The molecule has 2 N–H and O–H groups in total. The summed E-state index contributed by atoms with van der Waals surface area (Å²) in [4.78, 5) is 16.0. The van der Waals surface area contributed by atoms with Crippen LogP contribution in [-0.4, -0.2) is 34.5 Å². The summed E-state index contributed by atoms with van der Waals surface area (Å²) in [6.45, 7) is 0. The molecular weight excluding hydrogens is 386 g/mol. The van der Waals surface area contributed by atoms with E-state index in [1.807, 2.05) is 0 Å². The minimum absolute atomic E-state index is 0.0199. The summed E-state index contributed by atoms with van der Waals surface area (Å²) in [7, 11) is -3.90. The Kier molecular flexibility index (Phi) is 4.71. The van der Waals surface area contributed by atoms with E-state index in [4.69, 9.17) is 11.6 Å². The molecule has 0 amide bonds. The van der Waals surface area contributed by atoms with Gasteiger partial charge in [0.25, 0.3) is 0 Å². The third-order valence-electron chi connectivity index (χ3n) is 3.22. The monoisotopic (exact) mass is 395 g/mol. The molecule has 0 aliphatic heterocycles. The number of H-pyrrole nitrogens is 1. The molecule has 25 heavy (non-hydrogen) atoms. The summed E-state index contributed by atoms with van der Waals surface area (Å²) in [6.07, 6.45) is 2.12. The van der Waals surface area contributed by atoms with Gasteiger partial charge in [-0.25, -0.2) is 13.4 Å². The Balaban J connectivity index is 1.99. The van der Waals surface area contributed by atoms with Gasteiger partial charge in [-0.1, -0.05) is 11.6 Å². The zero-order valence-electron chi connectivity index (χ0n) is 12.4. The summed E-state index contributed by atoms with van der Waals surface area (Å²) in [5.41, 5.74) is -0.0398. The second-order valence-corrected chi connectivity index (χ2v) is 7.92. The molecule has 0 bridgehead atoms. The molecule has 0 saturated carbocycles. The molecule has 0 spiro atoms. The van der Waals surface area contributed by atoms with Crippen LogP contribution in [0.25, 0.3) is 5.76 Å². The van der Waals surface area contributed by atoms with Crippen molar-refractivity contribution in [3.8, 4) is 0 Å². The minimum Gasteiger partial charge on any atom is -0.504 e. The van der Waals surface area contributed by atoms with Gasteiger partial charge in [-0.3, -0.25) is 9.89 Å². The zero-order chi connectivity index (χ0) is 18.0. The first-order valence-corrected chi connectivity index (χ1v) is 9.58. The number of benzene rings is 1. The van der Waals surface area contributed by atoms with Crippen molar-refractivity contribution < 1.29 is 18.3 Å². The van der Waals surface area contributed by atoms with Gasteiger partial charge in [-0.15, -0.1) is 0 Å². The van der Waals surface area contributed by atoms with Crippen molar-refractivity contribution in [1.82, 2.24) is 15.2 Å². The van der Waals surface area contributed by atoms with Crippen molar-refractivity contribution in [2.75, 3.05) is 0 Å². The van der Waals surface area contributed by atoms with Crippen molar-refractivity contribution >= 4 is 44.3 Å². The number of carbonyl (C=O) groups is 1. The molecule has 2 aromatic heterocycles. The fourth-order valence-corrected chi connectivity index (χ4v) is 4.78. The van der Waals surface area contributed by atoms with Crippen LogP contribution in [0.5, 0.6) is 0 Å².